The quantitative estimate of drug-likeness (QED) is 0.579. The van der Waals surface area contributed by atoms with E-state index in [1.807, 2.05) is 18.2 Å². The van der Waals surface area contributed by atoms with Crippen molar-refractivity contribution in [1.29, 1.82) is 5.26 Å². The number of hydrogen-bond donors (Lipinski definition) is 0. The number of benzene rings is 1. The van der Waals surface area contributed by atoms with E-state index < -0.39 is 0 Å². The van der Waals surface area contributed by atoms with Crippen LogP contribution in [0.2, 0.25) is 5.02 Å². The molecule has 0 aromatic heterocycles. The average Bonchev–Trinajstić information content (AvgIpc) is 2.30. The van der Waals surface area contributed by atoms with Crippen molar-refractivity contribution in [1.82, 2.24) is 0 Å². The molecule has 0 atom stereocenters. The fourth-order valence-corrected chi connectivity index (χ4v) is 1.91. The molecule has 1 aromatic rings. The lowest BCUT2D eigenvalue weighted by Crippen LogP contribution is -1.99. The molecule has 0 aliphatic rings. The molecule has 0 saturated heterocycles. The van der Waals surface area contributed by atoms with E-state index in [0.29, 0.717) is 18.1 Å². The molecule has 0 unspecified atom stereocenters. The number of ether oxygens (including phenoxy) is 1. The van der Waals surface area contributed by atoms with Crippen molar-refractivity contribution in [3.05, 3.63) is 28.8 Å². The van der Waals surface area contributed by atoms with Gasteiger partial charge in [0.2, 0.25) is 0 Å². The summed E-state index contributed by atoms with van der Waals surface area (Å²) in [5, 5.41) is 9.82. The highest BCUT2D eigenvalue weighted by atomic mass is 79.9. The topological polar surface area (TPSA) is 33.0 Å². The Labute approximate surface area is 109 Å². The Hall–Kier alpha value is -0.720. The minimum absolute atomic E-state index is 0.593. The van der Waals surface area contributed by atoms with Gasteiger partial charge < -0.3 is 4.74 Å². The molecule has 0 aliphatic heterocycles. The van der Waals surface area contributed by atoms with Crippen LogP contribution >= 0.6 is 27.5 Å². The van der Waals surface area contributed by atoms with Gasteiger partial charge in [-0.3, -0.25) is 0 Å². The van der Waals surface area contributed by atoms with Crippen LogP contribution < -0.4 is 4.74 Å². The van der Waals surface area contributed by atoms with E-state index >= 15 is 0 Å². The molecule has 0 saturated carbocycles. The van der Waals surface area contributed by atoms with Gasteiger partial charge in [-0.15, -0.1) is 0 Å². The van der Waals surface area contributed by atoms with Crippen molar-refractivity contribution < 1.29 is 4.74 Å². The Bertz CT molecular complexity index is 376. The fourth-order valence-electron chi connectivity index (χ4n) is 1.28. The SMILES string of the molecule is N#CCCCCOc1ccc(Cl)cc1CBr. The summed E-state index contributed by atoms with van der Waals surface area (Å²) >= 11 is 9.28. The Kier molecular flexibility index (Phi) is 6.29. The van der Waals surface area contributed by atoms with Crippen molar-refractivity contribution in [3.63, 3.8) is 0 Å². The predicted octanol–water partition coefficient (Wildman–Crippen LogP) is 4.31. The Balaban J connectivity index is 2.44. The van der Waals surface area contributed by atoms with Crippen LogP contribution in [0.25, 0.3) is 0 Å². The third-order valence-electron chi connectivity index (χ3n) is 2.11. The third kappa shape index (κ3) is 4.42. The summed E-state index contributed by atoms with van der Waals surface area (Å²) in [6.45, 7) is 0.642. The molecule has 1 rings (SSSR count). The van der Waals surface area contributed by atoms with Gasteiger partial charge in [0.05, 0.1) is 12.7 Å². The zero-order chi connectivity index (χ0) is 11.8. The van der Waals surface area contributed by atoms with Crippen LogP contribution in [0, 0.1) is 11.3 Å². The van der Waals surface area contributed by atoms with Crippen LogP contribution in [0.3, 0.4) is 0 Å². The largest absolute Gasteiger partial charge is 0.493 e. The monoisotopic (exact) mass is 301 g/mol. The van der Waals surface area contributed by atoms with Gasteiger partial charge >= 0.3 is 0 Å². The number of rotatable bonds is 6. The Morgan fingerprint density at radius 1 is 1.38 bits per heavy atom. The molecule has 0 N–H and O–H groups in total. The normalized spacial score (nSPS) is 9.81. The molecule has 2 nitrogen and oxygen atoms in total. The van der Waals surface area contributed by atoms with Gasteiger partial charge in [0.25, 0.3) is 0 Å². The molecule has 0 fully saturated rings. The van der Waals surface area contributed by atoms with E-state index in [9.17, 15) is 0 Å². The summed E-state index contributed by atoms with van der Waals surface area (Å²) in [6.07, 6.45) is 2.38. The molecule has 0 heterocycles. The minimum Gasteiger partial charge on any atom is -0.493 e. The number of hydrogen-bond acceptors (Lipinski definition) is 2. The first kappa shape index (κ1) is 13.3. The highest BCUT2D eigenvalue weighted by Gasteiger charge is 2.03. The van der Waals surface area contributed by atoms with Crippen LogP contribution in [0.1, 0.15) is 24.8 Å². The lowest BCUT2D eigenvalue weighted by Gasteiger charge is -2.09. The van der Waals surface area contributed by atoms with E-state index in [1.54, 1.807) is 0 Å². The van der Waals surface area contributed by atoms with Crippen LogP contribution in [0.4, 0.5) is 0 Å². The summed E-state index contributed by atoms with van der Waals surface area (Å²) in [5.41, 5.74) is 1.05. The van der Waals surface area contributed by atoms with Gasteiger partial charge in [-0.05, 0) is 31.0 Å². The van der Waals surface area contributed by atoms with E-state index in [-0.39, 0.29) is 0 Å². The summed E-state index contributed by atoms with van der Waals surface area (Å²) in [7, 11) is 0. The molecule has 0 radical (unpaired) electrons. The second-order valence-corrected chi connectivity index (χ2v) is 4.35. The second kappa shape index (κ2) is 7.54. The minimum atomic E-state index is 0.593. The number of halogens is 2. The Morgan fingerprint density at radius 3 is 2.88 bits per heavy atom. The molecular formula is C12H13BrClNO. The zero-order valence-electron chi connectivity index (χ0n) is 8.88. The van der Waals surface area contributed by atoms with Gasteiger partial charge in [-0.1, -0.05) is 27.5 Å². The maximum atomic E-state index is 8.38. The zero-order valence-corrected chi connectivity index (χ0v) is 11.2. The van der Waals surface area contributed by atoms with Crippen LogP contribution in [0.5, 0.6) is 5.75 Å². The maximum absolute atomic E-state index is 8.38. The molecule has 0 bridgehead atoms. The summed E-state index contributed by atoms with van der Waals surface area (Å²) < 4.78 is 5.63. The highest BCUT2D eigenvalue weighted by Crippen LogP contribution is 2.25. The van der Waals surface area contributed by atoms with Gasteiger partial charge in [-0.2, -0.15) is 5.26 Å². The smallest absolute Gasteiger partial charge is 0.123 e. The van der Waals surface area contributed by atoms with E-state index in [2.05, 4.69) is 22.0 Å². The maximum Gasteiger partial charge on any atom is 0.123 e. The van der Waals surface area contributed by atoms with Gasteiger partial charge in [-0.25, -0.2) is 0 Å². The van der Waals surface area contributed by atoms with Gasteiger partial charge in [0, 0.05) is 22.3 Å². The van der Waals surface area contributed by atoms with Gasteiger partial charge in [0.15, 0.2) is 0 Å². The number of nitrogens with zero attached hydrogens (tertiary/aromatic N) is 1. The molecule has 0 amide bonds. The van der Waals surface area contributed by atoms with Crippen molar-refractivity contribution in [2.75, 3.05) is 6.61 Å². The first-order valence-electron chi connectivity index (χ1n) is 5.12. The van der Waals surface area contributed by atoms with E-state index in [0.717, 1.165) is 29.5 Å². The molecule has 1 aromatic carbocycles. The third-order valence-corrected chi connectivity index (χ3v) is 2.95. The average molecular weight is 303 g/mol. The molecule has 16 heavy (non-hydrogen) atoms. The van der Waals surface area contributed by atoms with Gasteiger partial charge in [0.1, 0.15) is 5.75 Å². The lowest BCUT2D eigenvalue weighted by atomic mass is 10.2. The molecule has 0 aliphatic carbocycles. The molecule has 4 heteroatoms. The lowest BCUT2D eigenvalue weighted by molar-refractivity contribution is 0.305. The van der Waals surface area contributed by atoms with Crippen LogP contribution in [-0.2, 0) is 5.33 Å². The summed E-state index contributed by atoms with van der Waals surface area (Å²) in [4.78, 5) is 0. The predicted molar refractivity (Wildman–Crippen MR) is 69.0 cm³/mol. The highest BCUT2D eigenvalue weighted by molar-refractivity contribution is 9.08. The second-order valence-electron chi connectivity index (χ2n) is 3.35. The van der Waals surface area contributed by atoms with Crippen LogP contribution in [-0.4, -0.2) is 6.61 Å². The fraction of sp³-hybridized carbons (Fsp3) is 0.417. The van der Waals surface area contributed by atoms with E-state index in [4.69, 9.17) is 21.6 Å². The number of unbranched alkanes of at least 4 members (excludes halogenated alkanes) is 2. The molecule has 86 valence electrons. The Morgan fingerprint density at radius 2 is 2.19 bits per heavy atom. The van der Waals surface area contributed by atoms with Crippen LogP contribution in [0.15, 0.2) is 18.2 Å². The van der Waals surface area contributed by atoms with Crippen molar-refractivity contribution >= 4 is 27.5 Å². The standard InChI is InChI=1S/C12H13BrClNO/c13-9-10-8-11(14)4-5-12(10)16-7-3-1-2-6-15/h4-5,8H,1-3,7,9H2. The van der Waals surface area contributed by atoms with E-state index in [1.165, 1.54) is 0 Å². The summed E-state index contributed by atoms with van der Waals surface area (Å²) in [6, 6.07) is 7.70. The van der Waals surface area contributed by atoms with Crippen molar-refractivity contribution in [3.8, 4) is 11.8 Å². The van der Waals surface area contributed by atoms with Crippen molar-refractivity contribution in [2.45, 2.75) is 24.6 Å². The first-order valence-corrected chi connectivity index (χ1v) is 6.62. The summed E-state index contributed by atoms with van der Waals surface area (Å²) in [5.74, 6) is 0.859. The number of alkyl halides is 1. The first-order chi connectivity index (χ1) is 7.77. The van der Waals surface area contributed by atoms with Crippen molar-refractivity contribution in [2.24, 2.45) is 0 Å². The molecule has 0 spiro atoms. The number of nitriles is 1. The molecular weight excluding hydrogens is 289 g/mol.